The predicted molar refractivity (Wildman–Crippen MR) is 136 cm³/mol. The maximum absolute atomic E-state index is 13.0. The number of carbonyl (C=O) groups is 2. The molecule has 7 nitrogen and oxygen atoms in total. The zero-order valence-electron chi connectivity index (χ0n) is 19.9. The van der Waals surface area contributed by atoms with Crippen LogP contribution in [0.4, 0.5) is 5.69 Å². The molecule has 35 heavy (non-hydrogen) atoms. The van der Waals surface area contributed by atoms with E-state index in [1.54, 1.807) is 6.08 Å². The highest BCUT2D eigenvalue weighted by molar-refractivity contribution is 5.94. The Morgan fingerprint density at radius 2 is 1.74 bits per heavy atom. The number of hydrogen-bond acceptors (Lipinski definition) is 4. The van der Waals surface area contributed by atoms with Crippen molar-refractivity contribution in [3.05, 3.63) is 72.1 Å². The van der Waals surface area contributed by atoms with Crippen molar-refractivity contribution in [3.8, 4) is 11.4 Å². The Morgan fingerprint density at radius 1 is 0.914 bits per heavy atom. The van der Waals surface area contributed by atoms with Gasteiger partial charge in [0.2, 0.25) is 11.8 Å². The molecule has 1 N–H and O–H groups in total. The van der Waals surface area contributed by atoms with Crippen LogP contribution in [0.2, 0.25) is 0 Å². The number of aromatic nitrogens is 3. The van der Waals surface area contributed by atoms with Gasteiger partial charge in [-0.05, 0) is 49.5 Å². The second kappa shape index (κ2) is 10.7. The number of nitrogens with one attached hydrogen (secondary N) is 1. The van der Waals surface area contributed by atoms with E-state index >= 15 is 0 Å². The van der Waals surface area contributed by atoms with Crippen LogP contribution in [0.5, 0.6) is 0 Å². The lowest BCUT2D eigenvalue weighted by Gasteiger charge is -2.30. The van der Waals surface area contributed by atoms with Gasteiger partial charge in [-0.15, -0.1) is 10.2 Å². The van der Waals surface area contributed by atoms with Gasteiger partial charge in [-0.25, -0.2) is 0 Å². The van der Waals surface area contributed by atoms with Gasteiger partial charge in [0.25, 0.3) is 0 Å². The van der Waals surface area contributed by atoms with Crippen LogP contribution in [-0.4, -0.2) is 44.6 Å². The molecule has 2 amide bonds. The second-order valence-electron chi connectivity index (χ2n) is 9.32. The van der Waals surface area contributed by atoms with Crippen molar-refractivity contribution in [1.29, 1.82) is 0 Å². The standard InChI is InChI=1S/C28H31N5O2/c34-26(14-13-21-8-3-1-4-9-21)32-18-15-22(16-19-32)28(35)29-24-11-7-10-23(20-24)27-31-30-25-12-5-2-6-17-33(25)27/h1,3-4,7-11,13-14,20,22H,2,5-6,12,15-19H2,(H,29,35). The Balaban J connectivity index is 1.17. The molecule has 0 radical (unpaired) electrons. The number of rotatable bonds is 5. The average Bonchev–Trinajstić information content (AvgIpc) is 3.16. The fraction of sp³-hybridized carbons (Fsp3) is 0.357. The Morgan fingerprint density at radius 3 is 2.57 bits per heavy atom. The summed E-state index contributed by atoms with van der Waals surface area (Å²) in [5.41, 5.74) is 2.73. The van der Waals surface area contributed by atoms with E-state index in [2.05, 4.69) is 20.1 Å². The first kappa shape index (κ1) is 23.0. The second-order valence-corrected chi connectivity index (χ2v) is 9.32. The fourth-order valence-electron chi connectivity index (χ4n) is 4.88. The summed E-state index contributed by atoms with van der Waals surface area (Å²) in [7, 11) is 0. The first-order valence-corrected chi connectivity index (χ1v) is 12.5. The molecule has 2 aromatic carbocycles. The number of piperidine rings is 1. The minimum Gasteiger partial charge on any atom is -0.339 e. The van der Waals surface area contributed by atoms with E-state index in [-0.39, 0.29) is 17.7 Å². The van der Waals surface area contributed by atoms with Gasteiger partial charge >= 0.3 is 0 Å². The molecule has 0 atom stereocenters. The Kier molecular flexibility index (Phi) is 7.02. The molecule has 180 valence electrons. The van der Waals surface area contributed by atoms with Crippen LogP contribution in [0.3, 0.4) is 0 Å². The molecule has 2 aliphatic heterocycles. The van der Waals surface area contributed by atoms with E-state index in [0.29, 0.717) is 25.9 Å². The smallest absolute Gasteiger partial charge is 0.246 e. The first-order valence-electron chi connectivity index (χ1n) is 12.5. The highest BCUT2D eigenvalue weighted by Gasteiger charge is 2.27. The summed E-state index contributed by atoms with van der Waals surface area (Å²) in [6, 6.07) is 17.6. The van der Waals surface area contributed by atoms with E-state index < -0.39 is 0 Å². The summed E-state index contributed by atoms with van der Waals surface area (Å²) in [5.74, 6) is 1.81. The van der Waals surface area contributed by atoms with E-state index in [9.17, 15) is 9.59 Å². The summed E-state index contributed by atoms with van der Waals surface area (Å²) in [6.45, 7) is 2.11. The molecule has 0 aliphatic carbocycles. The van der Waals surface area contributed by atoms with Gasteiger partial charge in [-0.1, -0.05) is 48.9 Å². The van der Waals surface area contributed by atoms with E-state index in [1.165, 1.54) is 6.42 Å². The van der Waals surface area contributed by atoms with Gasteiger partial charge in [-0.3, -0.25) is 9.59 Å². The molecule has 3 heterocycles. The maximum Gasteiger partial charge on any atom is 0.246 e. The number of aryl methyl sites for hydroxylation is 1. The normalized spacial score (nSPS) is 16.6. The van der Waals surface area contributed by atoms with Crippen LogP contribution in [0.15, 0.2) is 60.7 Å². The molecule has 3 aromatic rings. The number of benzene rings is 2. The number of anilines is 1. The van der Waals surface area contributed by atoms with E-state index in [1.807, 2.05) is 65.6 Å². The zero-order chi connectivity index (χ0) is 24.0. The Labute approximate surface area is 205 Å². The van der Waals surface area contributed by atoms with Gasteiger partial charge in [0.15, 0.2) is 5.82 Å². The monoisotopic (exact) mass is 469 g/mol. The van der Waals surface area contributed by atoms with Crippen molar-refractivity contribution in [3.63, 3.8) is 0 Å². The van der Waals surface area contributed by atoms with Crippen molar-refractivity contribution in [2.24, 2.45) is 5.92 Å². The number of hydrogen-bond donors (Lipinski definition) is 1. The highest BCUT2D eigenvalue weighted by atomic mass is 16.2. The fourth-order valence-corrected chi connectivity index (χ4v) is 4.88. The van der Waals surface area contributed by atoms with Gasteiger partial charge in [0.1, 0.15) is 5.82 Å². The highest BCUT2D eigenvalue weighted by Crippen LogP contribution is 2.26. The summed E-state index contributed by atoms with van der Waals surface area (Å²) in [4.78, 5) is 27.3. The average molecular weight is 470 g/mol. The largest absolute Gasteiger partial charge is 0.339 e. The quantitative estimate of drug-likeness (QED) is 0.556. The molecule has 0 saturated carbocycles. The Bertz CT molecular complexity index is 1210. The lowest BCUT2D eigenvalue weighted by Crippen LogP contribution is -2.40. The van der Waals surface area contributed by atoms with Gasteiger partial charge in [0.05, 0.1) is 0 Å². The van der Waals surface area contributed by atoms with Crippen LogP contribution >= 0.6 is 0 Å². The molecule has 1 fully saturated rings. The number of likely N-dealkylation sites (tertiary alicyclic amines) is 1. The van der Waals surface area contributed by atoms with Crippen molar-refractivity contribution < 1.29 is 9.59 Å². The molecule has 2 aliphatic rings. The number of fused-ring (bicyclic) bond motifs is 1. The molecule has 1 saturated heterocycles. The third-order valence-corrected chi connectivity index (χ3v) is 6.89. The molecule has 0 bridgehead atoms. The van der Waals surface area contributed by atoms with Gasteiger partial charge < -0.3 is 14.8 Å². The first-order chi connectivity index (χ1) is 17.2. The predicted octanol–water partition coefficient (Wildman–Crippen LogP) is 4.56. The minimum absolute atomic E-state index is 0.00662. The number of carbonyl (C=O) groups excluding carboxylic acids is 2. The lowest BCUT2D eigenvalue weighted by molar-refractivity contribution is -0.130. The topological polar surface area (TPSA) is 80.1 Å². The third-order valence-electron chi connectivity index (χ3n) is 6.89. The van der Waals surface area contributed by atoms with Gasteiger partial charge in [-0.2, -0.15) is 0 Å². The van der Waals surface area contributed by atoms with E-state index in [4.69, 9.17) is 0 Å². The summed E-state index contributed by atoms with van der Waals surface area (Å²) in [5, 5.41) is 11.9. The lowest BCUT2D eigenvalue weighted by atomic mass is 9.95. The molecular weight excluding hydrogens is 438 g/mol. The summed E-state index contributed by atoms with van der Waals surface area (Å²) < 4.78 is 2.22. The molecule has 5 rings (SSSR count). The van der Waals surface area contributed by atoms with Crippen molar-refractivity contribution in [2.45, 2.75) is 45.1 Å². The van der Waals surface area contributed by atoms with Crippen LogP contribution in [0.1, 0.15) is 43.5 Å². The van der Waals surface area contributed by atoms with Crippen LogP contribution in [0.25, 0.3) is 17.5 Å². The minimum atomic E-state index is -0.106. The van der Waals surface area contributed by atoms with Crippen LogP contribution < -0.4 is 5.32 Å². The summed E-state index contributed by atoms with van der Waals surface area (Å²) in [6.07, 6.45) is 9.25. The maximum atomic E-state index is 13.0. The number of amides is 2. The van der Waals surface area contributed by atoms with Crippen molar-refractivity contribution in [1.82, 2.24) is 19.7 Å². The molecule has 0 spiro atoms. The summed E-state index contributed by atoms with van der Waals surface area (Å²) >= 11 is 0. The van der Waals surface area contributed by atoms with Crippen molar-refractivity contribution in [2.75, 3.05) is 18.4 Å². The van der Waals surface area contributed by atoms with Crippen LogP contribution in [-0.2, 0) is 22.6 Å². The molecule has 0 unspecified atom stereocenters. The molecular formula is C28H31N5O2. The Hall–Kier alpha value is -3.74. The third kappa shape index (κ3) is 5.50. The van der Waals surface area contributed by atoms with E-state index in [0.717, 1.165) is 54.3 Å². The molecule has 7 heteroatoms. The van der Waals surface area contributed by atoms with Gasteiger partial charge in [0, 0.05) is 49.3 Å². The SMILES string of the molecule is O=C(Nc1cccc(-c2nnc3n2CCCCC3)c1)C1CCN(C(=O)C=Cc2ccccc2)CC1. The molecule has 1 aromatic heterocycles. The zero-order valence-corrected chi connectivity index (χ0v) is 19.9. The van der Waals surface area contributed by atoms with Crippen molar-refractivity contribution >= 4 is 23.6 Å². The van der Waals surface area contributed by atoms with Crippen LogP contribution in [0, 0.1) is 5.92 Å². The number of nitrogens with zero attached hydrogens (tertiary/aromatic N) is 4.